The molecular weight excluding hydrogens is 343 g/mol. The number of hydrazine groups is 1. The summed E-state index contributed by atoms with van der Waals surface area (Å²) in [6.07, 6.45) is 0. The zero-order valence-electron chi connectivity index (χ0n) is 10.4. The highest BCUT2D eigenvalue weighted by molar-refractivity contribution is 7.89. The SMILES string of the molecule is Cc1cc(C)nc(NNS(=O)(=O)c2cc(Cl)sc2Cl)n1. The van der Waals surface area contributed by atoms with Gasteiger partial charge in [-0.05, 0) is 26.0 Å². The first kappa shape index (κ1) is 15.5. The number of nitrogens with zero attached hydrogens (tertiary/aromatic N) is 2. The fourth-order valence-electron chi connectivity index (χ4n) is 1.46. The molecule has 0 saturated heterocycles. The smallest absolute Gasteiger partial charge is 0.259 e. The summed E-state index contributed by atoms with van der Waals surface area (Å²) >= 11 is 12.5. The summed E-state index contributed by atoms with van der Waals surface area (Å²) in [6.45, 7) is 3.56. The molecule has 0 saturated carbocycles. The second-order valence-electron chi connectivity index (χ2n) is 3.89. The van der Waals surface area contributed by atoms with Crippen LogP contribution in [0.1, 0.15) is 11.4 Å². The van der Waals surface area contributed by atoms with Crippen molar-refractivity contribution in [1.82, 2.24) is 14.8 Å². The molecule has 0 aromatic carbocycles. The monoisotopic (exact) mass is 352 g/mol. The van der Waals surface area contributed by atoms with Crippen molar-refractivity contribution < 1.29 is 8.42 Å². The maximum absolute atomic E-state index is 12.0. The predicted molar refractivity (Wildman–Crippen MR) is 79.8 cm³/mol. The lowest BCUT2D eigenvalue weighted by atomic mass is 10.4. The Morgan fingerprint density at radius 1 is 1.15 bits per heavy atom. The van der Waals surface area contributed by atoms with Crippen LogP contribution < -0.4 is 10.3 Å². The molecule has 0 aliphatic heterocycles. The van der Waals surface area contributed by atoms with Crippen molar-refractivity contribution in [3.8, 4) is 0 Å². The van der Waals surface area contributed by atoms with Gasteiger partial charge in [-0.25, -0.2) is 18.4 Å². The number of hydrogen-bond donors (Lipinski definition) is 2. The third kappa shape index (κ3) is 3.58. The number of rotatable bonds is 4. The van der Waals surface area contributed by atoms with E-state index in [4.69, 9.17) is 23.2 Å². The summed E-state index contributed by atoms with van der Waals surface area (Å²) in [7, 11) is -3.84. The van der Waals surface area contributed by atoms with Gasteiger partial charge in [0.05, 0.1) is 4.34 Å². The highest BCUT2D eigenvalue weighted by Gasteiger charge is 2.21. The molecule has 0 unspecified atom stereocenters. The molecule has 0 bridgehead atoms. The van der Waals surface area contributed by atoms with Crippen molar-refractivity contribution in [3.05, 3.63) is 32.2 Å². The topological polar surface area (TPSA) is 84.0 Å². The van der Waals surface area contributed by atoms with Crippen LogP contribution in [0.3, 0.4) is 0 Å². The number of aryl methyl sites for hydroxylation is 2. The molecule has 108 valence electrons. The van der Waals surface area contributed by atoms with E-state index in [1.807, 2.05) is 0 Å². The van der Waals surface area contributed by atoms with Gasteiger partial charge < -0.3 is 0 Å². The van der Waals surface area contributed by atoms with Crippen LogP contribution in [0, 0.1) is 13.8 Å². The van der Waals surface area contributed by atoms with Crippen LogP contribution in [0.4, 0.5) is 5.95 Å². The Kier molecular flexibility index (Phi) is 4.50. The highest BCUT2D eigenvalue weighted by Crippen LogP contribution is 2.33. The van der Waals surface area contributed by atoms with Crippen molar-refractivity contribution >= 4 is 50.5 Å². The lowest BCUT2D eigenvalue weighted by Gasteiger charge is -2.08. The van der Waals surface area contributed by atoms with E-state index in [0.29, 0.717) is 0 Å². The summed E-state index contributed by atoms with van der Waals surface area (Å²) in [5.41, 5.74) is 3.88. The molecule has 0 aliphatic carbocycles. The van der Waals surface area contributed by atoms with Crippen LogP contribution in [-0.4, -0.2) is 18.4 Å². The van der Waals surface area contributed by atoms with Crippen molar-refractivity contribution in [2.45, 2.75) is 18.7 Å². The Morgan fingerprint density at radius 3 is 2.25 bits per heavy atom. The van der Waals surface area contributed by atoms with Crippen molar-refractivity contribution in [1.29, 1.82) is 0 Å². The number of aromatic nitrogens is 2. The van der Waals surface area contributed by atoms with Crippen molar-refractivity contribution in [2.75, 3.05) is 5.43 Å². The van der Waals surface area contributed by atoms with Gasteiger partial charge in [-0.3, -0.25) is 5.43 Å². The number of anilines is 1. The molecule has 2 heterocycles. The van der Waals surface area contributed by atoms with Crippen LogP contribution in [0.2, 0.25) is 8.67 Å². The molecular formula is C10H10Cl2N4O2S2. The summed E-state index contributed by atoms with van der Waals surface area (Å²) in [4.78, 5) is 10.2. The van der Waals surface area contributed by atoms with E-state index >= 15 is 0 Å². The van der Waals surface area contributed by atoms with Gasteiger partial charge in [0, 0.05) is 11.4 Å². The second kappa shape index (κ2) is 5.82. The molecule has 0 amide bonds. The minimum atomic E-state index is -3.84. The van der Waals surface area contributed by atoms with E-state index in [9.17, 15) is 8.42 Å². The minimum absolute atomic E-state index is 0.0886. The molecule has 0 aliphatic rings. The van der Waals surface area contributed by atoms with E-state index in [-0.39, 0.29) is 19.5 Å². The van der Waals surface area contributed by atoms with Crippen molar-refractivity contribution in [3.63, 3.8) is 0 Å². The molecule has 0 fully saturated rings. The van der Waals surface area contributed by atoms with Gasteiger partial charge in [-0.2, -0.15) is 0 Å². The average molecular weight is 353 g/mol. The van der Waals surface area contributed by atoms with E-state index in [0.717, 1.165) is 22.7 Å². The first-order valence-corrected chi connectivity index (χ1v) is 8.38. The fraction of sp³-hybridized carbons (Fsp3) is 0.200. The zero-order valence-corrected chi connectivity index (χ0v) is 13.6. The number of nitrogens with one attached hydrogen (secondary N) is 2. The second-order valence-corrected chi connectivity index (χ2v) is 7.83. The number of hydrogen-bond acceptors (Lipinski definition) is 6. The van der Waals surface area contributed by atoms with E-state index in [1.54, 1.807) is 19.9 Å². The third-order valence-corrected chi connectivity index (χ3v) is 5.20. The molecule has 0 radical (unpaired) electrons. The molecule has 0 atom stereocenters. The minimum Gasteiger partial charge on any atom is -0.276 e. The van der Waals surface area contributed by atoms with Gasteiger partial charge in [0.25, 0.3) is 10.0 Å². The van der Waals surface area contributed by atoms with Gasteiger partial charge in [-0.15, -0.1) is 16.2 Å². The van der Waals surface area contributed by atoms with Gasteiger partial charge in [-0.1, -0.05) is 23.2 Å². The summed E-state index contributed by atoms with van der Waals surface area (Å²) in [6, 6.07) is 3.05. The summed E-state index contributed by atoms with van der Waals surface area (Å²) < 4.78 is 24.5. The molecule has 2 N–H and O–H groups in total. The van der Waals surface area contributed by atoms with E-state index < -0.39 is 10.0 Å². The zero-order chi connectivity index (χ0) is 14.9. The number of sulfonamides is 1. The summed E-state index contributed by atoms with van der Waals surface area (Å²) in [5, 5.41) is 0. The molecule has 2 rings (SSSR count). The fourth-order valence-corrected chi connectivity index (χ4v) is 4.45. The third-order valence-electron chi connectivity index (χ3n) is 2.19. The largest absolute Gasteiger partial charge is 0.276 e. The Balaban J connectivity index is 2.19. The highest BCUT2D eigenvalue weighted by atomic mass is 35.5. The maximum atomic E-state index is 12.0. The normalized spacial score (nSPS) is 11.6. The van der Waals surface area contributed by atoms with Crippen LogP contribution in [0.25, 0.3) is 0 Å². The standard InChI is InChI=1S/C10H10Cl2N4O2S2/c1-5-3-6(2)14-10(13-5)15-16-20(17,18)7-4-8(11)19-9(7)12/h3-4,16H,1-2H3,(H,13,14,15). The lowest BCUT2D eigenvalue weighted by Crippen LogP contribution is -2.30. The van der Waals surface area contributed by atoms with Gasteiger partial charge in [0.1, 0.15) is 9.23 Å². The predicted octanol–water partition coefficient (Wildman–Crippen LogP) is 2.77. The van der Waals surface area contributed by atoms with Crippen LogP contribution in [0.15, 0.2) is 17.0 Å². The molecule has 2 aromatic heterocycles. The Morgan fingerprint density at radius 2 is 1.75 bits per heavy atom. The molecule has 20 heavy (non-hydrogen) atoms. The van der Waals surface area contributed by atoms with Crippen LogP contribution >= 0.6 is 34.5 Å². The van der Waals surface area contributed by atoms with Crippen molar-refractivity contribution in [2.24, 2.45) is 0 Å². The first-order chi connectivity index (χ1) is 9.28. The van der Waals surface area contributed by atoms with Gasteiger partial charge in [0.15, 0.2) is 0 Å². The lowest BCUT2D eigenvalue weighted by molar-refractivity contribution is 0.587. The number of thiophene rings is 1. The molecule has 6 nitrogen and oxygen atoms in total. The van der Waals surface area contributed by atoms with Gasteiger partial charge >= 0.3 is 0 Å². The number of halogens is 2. The van der Waals surface area contributed by atoms with Crippen LogP contribution in [-0.2, 0) is 10.0 Å². The molecule has 2 aromatic rings. The maximum Gasteiger partial charge on any atom is 0.259 e. The van der Waals surface area contributed by atoms with E-state index in [1.165, 1.54) is 6.07 Å². The van der Waals surface area contributed by atoms with Crippen LogP contribution in [0.5, 0.6) is 0 Å². The Hall–Kier alpha value is -0.930. The Bertz CT molecular complexity index is 725. The quantitative estimate of drug-likeness (QED) is 0.826. The first-order valence-electron chi connectivity index (χ1n) is 5.33. The van der Waals surface area contributed by atoms with Gasteiger partial charge in [0.2, 0.25) is 5.95 Å². The summed E-state index contributed by atoms with van der Waals surface area (Å²) in [5.74, 6) is 0.156. The molecule has 0 spiro atoms. The molecule has 10 heteroatoms. The van der Waals surface area contributed by atoms with E-state index in [2.05, 4.69) is 20.2 Å². The Labute approximate surface area is 130 Å². The average Bonchev–Trinajstić information content (AvgIpc) is 2.66.